The van der Waals surface area contributed by atoms with E-state index in [1.807, 2.05) is 0 Å². The van der Waals surface area contributed by atoms with Crippen LogP contribution in [0.5, 0.6) is 0 Å². The van der Waals surface area contributed by atoms with Crippen molar-refractivity contribution in [3.63, 3.8) is 0 Å². The second kappa shape index (κ2) is 8.07. The van der Waals surface area contributed by atoms with Gasteiger partial charge in [-0.2, -0.15) is 0 Å². The van der Waals surface area contributed by atoms with Gasteiger partial charge >= 0.3 is 5.97 Å². The summed E-state index contributed by atoms with van der Waals surface area (Å²) in [6, 6.07) is 4.99. The number of ether oxygens (including phenoxy) is 2. The van der Waals surface area contributed by atoms with E-state index in [1.54, 1.807) is 25.3 Å². The minimum atomic E-state index is -0.953. The van der Waals surface area contributed by atoms with Crippen molar-refractivity contribution in [1.82, 2.24) is 0 Å². The van der Waals surface area contributed by atoms with Gasteiger partial charge in [0.05, 0.1) is 25.4 Å². The SMILES string of the molecule is COCCOCCNc1cc(Br)ccc1C(=O)O. The number of carbonyl (C=O) groups is 1. The van der Waals surface area contributed by atoms with Crippen LogP contribution in [0.4, 0.5) is 5.69 Å². The molecule has 1 aromatic carbocycles. The summed E-state index contributed by atoms with van der Waals surface area (Å²) in [4.78, 5) is 11.0. The molecule has 0 atom stereocenters. The summed E-state index contributed by atoms with van der Waals surface area (Å²) in [5, 5.41) is 12.1. The van der Waals surface area contributed by atoms with Gasteiger partial charge in [0.1, 0.15) is 0 Å². The van der Waals surface area contributed by atoms with Gasteiger partial charge in [-0.15, -0.1) is 0 Å². The maximum absolute atomic E-state index is 11.0. The molecule has 0 aliphatic carbocycles. The average Bonchev–Trinajstić information content (AvgIpc) is 2.33. The van der Waals surface area contributed by atoms with Crippen LogP contribution in [0.25, 0.3) is 0 Å². The number of carboxylic acids is 1. The number of benzene rings is 1. The van der Waals surface area contributed by atoms with Gasteiger partial charge in [0, 0.05) is 23.8 Å². The van der Waals surface area contributed by atoms with E-state index >= 15 is 0 Å². The summed E-state index contributed by atoms with van der Waals surface area (Å²) in [6.07, 6.45) is 0. The molecule has 0 saturated heterocycles. The van der Waals surface area contributed by atoms with Crippen LogP contribution in [0.1, 0.15) is 10.4 Å². The van der Waals surface area contributed by atoms with Crippen LogP contribution in [0.3, 0.4) is 0 Å². The molecule has 0 aliphatic heterocycles. The van der Waals surface area contributed by atoms with E-state index in [9.17, 15) is 4.79 Å². The van der Waals surface area contributed by atoms with Gasteiger partial charge in [0.2, 0.25) is 0 Å². The first kappa shape index (κ1) is 14.9. The lowest BCUT2D eigenvalue weighted by molar-refractivity contribution is 0.0697. The van der Waals surface area contributed by atoms with Crippen LogP contribution in [0.15, 0.2) is 22.7 Å². The minimum Gasteiger partial charge on any atom is -0.478 e. The van der Waals surface area contributed by atoms with Gasteiger partial charge in [-0.25, -0.2) is 4.79 Å². The molecule has 0 heterocycles. The number of carboxylic acid groups (broad SMARTS) is 1. The van der Waals surface area contributed by atoms with Gasteiger partial charge < -0.3 is 19.9 Å². The van der Waals surface area contributed by atoms with E-state index in [4.69, 9.17) is 14.6 Å². The van der Waals surface area contributed by atoms with Crippen molar-refractivity contribution in [3.05, 3.63) is 28.2 Å². The predicted octanol–water partition coefficient (Wildman–Crippen LogP) is 2.22. The van der Waals surface area contributed by atoms with Crippen molar-refractivity contribution in [2.24, 2.45) is 0 Å². The number of aromatic carboxylic acids is 1. The lowest BCUT2D eigenvalue weighted by atomic mass is 10.2. The van der Waals surface area contributed by atoms with Crippen molar-refractivity contribution >= 4 is 27.6 Å². The Kier molecular flexibility index (Phi) is 6.70. The first-order valence-electron chi connectivity index (χ1n) is 5.48. The Balaban J connectivity index is 2.45. The first-order chi connectivity index (χ1) is 8.65. The number of methoxy groups -OCH3 is 1. The molecule has 0 saturated carbocycles. The number of hydrogen-bond donors (Lipinski definition) is 2. The van der Waals surface area contributed by atoms with Crippen molar-refractivity contribution in [2.75, 3.05) is 38.8 Å². The van der Waals surface area contributed by atoms with Crippen LogP contribution < -0.4 is 5.32 Å². The normalized spacial score (nSPS) is 10.3. The molecule has 0 aromatic heterocycles. The fourth-order valence-corrected chi connectivity index (χ4v) is 1.71. The monoisotopic (exact) mass is 317 g/mol. The Morgan fingerprint density at radius 1 is 1.39 bits per heavy atom. The maximum atomic E-state index is 11.0. The lowest BCUT2D eigenvalue weighted by Gasteiger charge is -2.10. The molecule has 2 N–H and O–H groups in total. The largest absolute Gasteiger partial charge is 0.478 e. The quantitative estimate of drug-likeness (QED) is 0.720. The van der Waals surface area contributed by atoms with Crippen molar-refractivity contribution in [1.29, 1.82) is 0 Å². The molecule has 18 heavy (non-hydrogen) atoms. The maximum Gasteiger partial charge on any atom is 0.337 e. The molecule has 6 heteroatoms. The molecule has 0 fully saturated rings. The third-order valence-electron chi connectivity index (χ3n) is 2.21. The second-order valence-electron chi connectivity index (χ2n) is 3.53. The Labute approximate surface area is 114 Å². The topological polar surface area (TPSA) is 67.8 Å². The third-order valence-corrected chi connectivity index (χ3v) is 2.70. The summed E-state index contributed by atoms with van der Waals surface area (Å²) in [7, 11) is 1.61. The zero-order chi connectivity index (χ0) is 13.4. The Bertz CT molecular complexity index is 398. The highest BCUT2D eigenvalue weighted by atomic mass is 79.9. The van der Waals surface area contributed by atoms with E-state index < -0.39 is 5.97 Å². The standard InChI is InChI=1S/C12H16BrNO4/c1-17-6-7-18-5-4-14-11-8-9(13)2-3-10(11)12(15)16/h2-3,8,14H,4-7H2,1H3,(H,15,16). The van der Waals surface area contributed by atoms with E-state index in [0.29, 0.717) is 32.1 Å². The minimum absolute atomic E-state index is 0.245. The molecule has 0 spiro atoms. The fourth-order valence-electron chi connectivity index (χ4n) is 1.35. The Hall–Kier alpha value is -1.11. The van der Waals surface area contributed by atoms with Crippen molar-refractivity contribution in [3.8, 4) is 0 Å². The number of rotatable bonds is 8. The van der Waals surface area contributed by atoms with Crippen LogP contribution in [-0.2, 0) is 9.47 Å². The zero-order valence-electron chi connectivity index (χ0n) is 10.1. The summed E-state index contributed by atoms with van der Waals surface area (Å²) >= 11 is 3.31. The summed E-state index contributed by atoms with van der Waals surface area (Å²) in [5.41, 5.74) is 0.822. The number of anilines is 1. The average molecular weight is 318 g/mol. The third kappa shape index (κ3) is 5.03. The van der Waals surface area contributed by atoms with Crippen molar-refractivity contribution < 1.29 is 19.4 Å². The van der Waals surface area contributed by atoms with Gasteiger partial charge in [0.15, 0.2) is 0 Å². The van der Waals surface area contributed by atoms with E-state index in [1.165, 1.54) is 0 Å². The fraction of sp³-hybridized carbons (Fsp3) is 0.417. The summed E-state index contributed by atoms with van der Waals surface area (Å²) in [6.45, 7) is 2.12. The molecule has 0 amide bonds. The van der Waals surface area contributed by atoms with Gasteiger partial charge in [0.25, 0.3) is 0 Å². The lowest BCUT2D eigenvalue weighted by Crippen LogP contribution is -2.14. The van der Waals surface area contributed by atoms with Crippen molar-refractivity contribution in [2.45, 2.75) is 0 Å². The van der Waals surface area contributed by atoms with Gasteiger partial charge in [-0.05, 0) is 18.2 Å². The van der Waals surface area contributed by atoms with Crippen LogP contribution >= 0.6 is 15.9 Å². The molecule has 100 valence electrons. The highest BCUT2D eigenvalue weighted by Crippen LogP contribution is 2.21. The Morgan fingerprint density at radius 3 is 2.83 bits per heavy atom. The predicted molar refractivity (Wildman–Crippen MR) is 72.3 cm³/mol. The van der Waals surface area contributed by atoms with Gasteiger partial charge in [-0.3, -0.25) is 0 Å². The van der Waals surface area contributed by atoms with E-state index in [-0.39, 0.29) is 5.56 Å². The summed E-state index contributed by atoms with van der Waals surface area (Å²) in [5.74, 6) is -0.953. The number of nitrogens with one attached hydrogen (secondary N) is 1. The molecule has 0 bridgehead atoms. The molecule has 0 radical (unpaired) electrons. The molecule has 1 rings (SSSR count). The van der Waals surface area contributed by atoms with Crippen LogP contribution in [0.2, 0.25) is 0 Å². The molecule has 5 nitrogen and oxygen atoms in total. The van der Waals surface area contributed by atoms with Crippen LogP contribution in [-0.4, -0.2) is 44.6 Å². The summed E-state index contributed by atoms with van der Waals surface area (Å²) < 4.78 is 11.0. The smallest absolute Gasteiger partial charge is 0.337 e. The second-order valence-corrected chi connectivity index (χ2v) is 4.44. The number of hydrogen-bond acceptors (Lipinski definition) is 4. The zero-order valence-corrected chi connectivity index (χ0v) is 11.7. The highest BCUT2D eigenvalue weighted by Gasteiger charge is 2.09. The molecule has 1 aromatic rings. The first-order valence-corrected chi connectivity index (χ1v) is 6.28. The Morgan fingerprint density at radius 2 is 2.17 bits per heavy atom. The van der Waals surface area contributed by atoms with E-state index in [2.05, 4.69) is 21.2 Å². The highest BCUT2D eigenvalue weighted by molar-refractivity contribution is 9.10. The molecular weight excluding hydrogens is 302 g/mol. The molecule has 0 aliphatic rings. The van der Waals surface area contributed by atoms with Gasteiger partial charge in [-0.1, -0.05) is 15.9 Å². The van der Waals surface area contributed by atoms with Crippen LogP contribution in [0, 0.1) is 0 Å². The molecule has 0 unspecified atom stereocenters. The molecular formula is C12H16BrNO4. The van der Waals surface area contributed by atoms with E-state index in [0.717, 1.165) is 4.47 Å². The number of halogens is 1.